The van der Waals surface area contributed by atoms with Crippen LogP contribution in [-0.2, 0) is 37.8 Å². The summed E-state index contributed by atoms with van der Waals surface area (Å²) in [6.07, 6.45) is 0.624. The second-order valence-electron chi connectivity index (χ2n) is 9.23. The Balaban J connectivity index is 1.27. The van der Waals surface area contributed by atoms with E-state index in [1.165, 1.54) is 28.6 Å². The molecule has 0 aromatic heterocycles. The van der Waals surface area contributed by atoms with Crippen LogP contribution in [0.1, 0.15) is 17.5 Å². The molecule has 0 spiro atoms. The number of aryl methyl sites for hydroxylation is 1. The molecule has 1 amide bonds. The van der Waals surface area contributed by atoms with E-state index in [1.54, 1.807) is 24.3 Å². The molecule has 1 heterocycles. The van der Waals surface area contributed by atoms with Crippen LogP contribution in [0.5, 0.6) is 0 Å². The molecule has 3 aromatic carbocycles. The highest BCUT2D eigenvalue weighted by atomic mass is 32.2. The Labute approximate surface area is 224 Å². The predicted octanol–water partition coefficient (Wildman–Crippen LogP) is 2.67. The fourth-order valence-electron chi connectivity index (χ4n) is 4.06. The Morgan fingerprint density at radius 1 is 0.763 bits per heavy atom. The van der Waals surface area contributed by atoms with Crippen LogP contribution < -0.4 is 10.0 Å². The summed E-state index contributed by atoms with van der Waals surface area (Å²) >= 11 is 0. The third-order valence-corrected chi connectivity index (χ3v) is 9.75. The van der Waals surface area contributed by atoms with Crippen LogP contribution in [0.4, 0.5) is 5.69 Å². The van der Waals surface area contributed by atoms with E-state index in [1.807, 2.05) is 37.4 Å². The molecule has 38 heavy (non-hydrogen) atoms. The molecule has 4 rings (SSSR count). The predicted molar refractivity (Wildman–Crippen MR) is 147 cm³/mol. The molecule has 202 valence electrons. The lowest BCUT2D eigenvalue weighted by Gasteiger charge is -2.31. The van der Waals surface area contributed by atoms with Gasteiger partial charge < -0.3 is 10.2 Å². The largest absolute Gasteiger partial charge is 0.326 e. The van der Waals surface area contributed by atoms with Gasteiger partial charge in [0.25, 0.3) is 0 Å². The van der Waals surface area contributed by atoms with E-state index in [0.717, 1.165) is 11.1 Å². The maximum Gasteiger partial charge on any atom is 0.243 e. The Hall–Kier alpha value is -3.09. The topological polar surface area (TPSA) is 116 Å². The SMILES string of the molecule is CN1CCN(S(=O)(=O)c2ccc(NC(=O)CCc3ccc(S(=O)(=O)NCc4ccccc4)cc3)cc2)CC1. The van der Waals surface area contributed by atoms with Gasteiger partial charge in [-0.05, 0) is 61.0 Å². The molecule has 2 N–H and O–H groups in total. The first-order chi connectivity index (χ1) is 18.1. The van der Waals surface area contributed by atoms with E-state index >= 15 is 0 Å². The van der Waals surface area contributed by atoms with Gasteiger partial charge in [0.1, 0.15) is 0 Å². The lowest BCUT2D eigenvalue weighted by molar-refractivity contribution is -0.116. The number of anilines is 1. The van der Waals surface area contributed by atoms with Crippen molar-refractivity contribution in [2.75, 3.05) is 38.5 Å². The Morgan fingerprint density at radius 3 is 2.00 bits per heavy atom. The van der Waals surface area contributed by atoms with Crippen molar-refractivity contribution in [3.63, 3.8) is 0 Å². The maximum atomic E-state index is 12.9. The summed E-state index contributed by atoms with van der Waals surface area (Å²) in [4.78, 5) is 14.9. The molecule has 0 bridgehead atoms. The third kappa shape index (κ3) is 7.27. The van der Waals surface area contributed by atoms with Gasteiger partial charge in [-0.1, -0.05) is 42.5 Å². The fourth-order valence-corrected chi connectivity index (χ4v) is 6.50. The highest BCUT2D eigenvalue weighted by molar-refractivity contribution is 7.89. The van der Waals surface area contributed by atoms with Crippen molar-refractivity contribution < 1.29 is 21.6 Å². The molecule has 1 aliphatic heterocycles. The van der Waals surface area contributed by atoms with Crippen molar-refractivity contribution >= 4 is 31.6 Å². The van der Waals surface area contributed by atoms with Crippen LogP contribution >= 0.6 is 0 Å². The number of benzene rings is 3. The minimum absolute atomic E-state index is 0.160. The zero-order chi connectivity index (χ0) is 27.2. The van der Waals surface area contributed by atoms with Crippen LogP contribution in [-0.4, -0.2) is 65.2 Å². The van der Waals surface area contributed by atoms with Crippen LogP contribution in [0.2, 0.25) is 0 Å². The van der Waals surface area contributed by atoms with Gasteiger partial charge in [0.05, 0.1) is 9.79 Å². The highest BCUT2D eigenvalue weighted by Crippen LogP contribution is 2.20. The van der Waals surface area contributed by atoms with Crippen molar-refractivity contribution in [1.82, 2.24) is 13.9 Å². The van der Waals surface area contributed by atoms with Gasteiger partial charge in [0, 0.05) is 44.8 Å². The van der Waals surface area contributed by atoms with Crippen molar-refractivity contribution in [2.24, 2.45) is 0 Å². The third-order valence-electron chi connectivity index (χ3n) is 6.42. The van der Waals surface area contributed by atoms with E-state index < -0.39 is 20.0 Å². The first-order valence-corrected chi connectivity index (χ1v) is 15.3. The average molecular weight is 557 g/mol. The van der Waals surface area contributed by atoms with E-state index in [-0.39, 0.29) is 28.7 Å². The number of hydrogen-bond donors (Lipinski definition) is 2. The second kappa shape index (κ2) is 12.2. The number of likely N-dealkylation sites (N-methyl/N-ethyl adjacent to an activating group) is 1. The van der Waals surface area contributed by atoms with Crippen LogP contribution in [0.3, 0.4) is 0 Å². The van der Waals surface area contributed by atoms with Crippen molar-refractivity contribution in [2.45, 2.75) is 29.2 Å². The molecule has 1 fully saturated rings. The number of carbonyl (C=O) groups excluding carboxylic acids is 1. The monoisotopic (exact) mass is 556 g/mol. The second-order valence-corrected chi connectivity index (χ2v) is 12.9. The van der Waals surface area contributed by atoms with E-state index in [4.69, 9.17) is 0 Å². The Morgan fingerprint density at radius 2 is 1.37 bits per heavy atom. The molecule has 1 saturated heterocycles. The summed E-state index contributed by atoms with van der Waals surface area (Å²) in [5, 5.41) is 2.78. The highest BCUT2D eigenvalue weighted by Gasteiger charge is 2.27. The van der Waals surface area contributed by atoms with Crippen molar-refractivity contribution in [3.05, 3.63) is 90.0 Å². The first-order valence-electron chi connectivity index (χ1n) is 12.3. The number of amides is 1. The number of sulfonamides is 2. The van der Waals surface area contributed by atoms with E-state index in [2.05, 4.69) is 14.9 Å². The van der Waals surface area contributed by atoms with Gasteiger partial charge in [-0.2, -0.15) is 4.31 Å². The van der Waals surface area contributed by atoms with Crippen molar-refractivity contribution in [3.8, 4) is 0 Å². The molecular weight excluding hydrogens is 524 g/mol. The summed E-state index contributed by atoms with van der Waals surface area (Å²) in [6, 6.07) is 21.9. The molecule has 0 atom stereocenters. The fraction of sp³-hybridized carbons (Fsp3) is 0.296. The summed E-state index contributed by atoms with van der Waals surface area (Å²) in [6.45, 7) is 2.49. The number of carbonyl (C=O) groups is 1. The summed E-state index contributed by atoms with van der Waals surface area (Å²) < 4.78 is 54.9. The van der Waals surface area contributed by atoms with Gasteiger partial charge in [0.15, 0.2) is 0 Å². The van der Waals surface area contributed by atoms with Gasteiger partial charge in [-0.3, -0.25) is 4.79 Å². The molecule has 0 aliphatic carbocycles. The van der Waals surface area contributed by atoms with Gasteiger partial charge in [-0.25, -0.2) is 21.6 Å². The molecule has 0 saturated carbocycles. The minimum Gasteiger partial charge on any atom is -0.326 e. The van der Waals surface area contributed by atoms with Gasteiger partial charge >= 0.3 is 0 Å². The molecule has 0 radical (unpaired) electrons. The number of nitrogens with zero attached hydrogens (tertiary/aromatic N) is 2. The minimum atomic E-state index is -3.65. The number of hydrogen-bond acceptors (Lipinski definition) is 6. The first kappa shape index (κ1) is 27.9. The number of rotatable bonds is 10. The van der Waals surface area contributed by atoms with Gasteiger partial charge in [-0.15, -0.1) is 0 Å². The maximum absolute atomic E-state index is 12.9. The lowest BCUT2D eigenvalue weighted by Crippen LogP contribution is -2.46. The Bertz CT molecular complexity index is 1440. The van der Waals surface area contributed by atoms with E-state index in [0.29, 0.717) is 38.3 Å². The zero-order valence-corrected chi connectivity index (χ0v) is 22.8. The van der Waals surface area contributed by atoms with Crippen LogP contribution in [0.15, 0.2) is 88.7 Å². The standard InChI is InChI=1S/C27H32N4O5S2/c1-30-17-19-31(20-18-30)38(35,36)26-14-10-24(11-15-26)29-27(32)16-9-22-7-12-25(13-8-22)37(33,34)28-21-23-5-3-2-4-6-23/h2-8,10-15,28H,9,16-21H2,1H3,(H,29,32). The smallest absolute Gasteiger partial charge is 0.243 e. The summed E-state index contributed by atoms with van der Waals surface area (Å²) in [5.74, 6) is -0.221. The molecule has 9 nitrogen and oxygen atoms in total. The normalized spacial score (nSPS) is 15.3. The molecule has 0 unspecified atom stereocenters. The summed E-state index contributed by atoms with van der Waals surface area (Å²) in [5.41, 5.74) is 2.21. The quantitative estimate of drug-likeness (QED) is 0.397. The number of piperazine rings is 1. The average Bonchev–Trinajstić information content (AvgIpc) is 2.92. The molecule has 11 heteroatoms. The van der Waals surface area contributed by atoms with Gasteiger partial charge in [0.2, 0.25) is 26.0 Å². The Kier molecular flexibility index (Phi) is 8.95. The lowest BCUT2D eigenvalue weighted by atomic mass is 10.1. The van der Waals surface area contributed by atoms with E-state index in [9.17, 15) is 21.6 Å². The molecular formula is C27H32N4O5S2. The molecule has 3 aromatic rings. The number of nitrogens with one attached hydrogen (secondary N) is 2. The zero-order valence-electron chi connectivity index (χ0n) is 21.2. The summed E-state index contributed by atoms with van der Waals surface area (Å²) in [7, 11) is -5.25. The molecule has 1 aliphatic rings. The van der Waals surface area contributed by atoms with Crippen LogP contribution in [0, 0.1) is 0 Å². The van der Waals surface area contributed by atoms with Crippen LogP contribution in [0.25, 0.3) is 0 Å². The van der Waals surface area contributed by atoms with Crippen molar-refractivity contribution in [1.29, 1.82) is 0 Å².